The monoisotopic (exact) mass is 390 g/mol. The van der Waals surface area contributed by atoms with Gasteiger partial charge in [-0.3, -0.25) is 0 Å². The van der Waals surface area contributed by atoms with Gasteiger partial charge in [-0.15, -0.1) is 24.8 Å². The Morgan fingerprint density at radius 2 is 0.885 bits per heavy atom. The molecular formula is C20H24Cl2N4. The van der Waals surface area contributed by atoms with E-state index in [1.165, 1.54) is 0 Å². The van der Waals surface area contributed by atoms with Crippen LogP contribution in [0.1, 0.15) is 11.1 Å². The second kappa shape index (κ2) is 9.46. The molecule has 0 aliphatic carbocycles. The van der Waals surface area contributed by atoms with E-state index in [4.69, 9.17) is 22.9 Å². The molecule has 0 fully saturated rings. The van der Waals surface area contributed by atoms with Crippen molar-refractivity contribution in [2.24, 2.45) is 11.5 Å². The fraction of sp³-hybridized carbons (Fsp3) is 0.100. The zero-order chi connectivity index (χ0) is 17.1. The number of hydrogen-bond donors (Lipinski definition) is 4. The van der Waals surface area contributed by atoms with Crippen LogP contribution in [0.5, 0.6) is 0 Å². The molecule has 4 nitrogen and oxygen atoms in total. The third-order valence-corrected chi connectivity index (χ3v) is 4.21. The summed E-state index contributed by atoms with van der Waals surface area (Å²) in [5.74, 6) is 0. The number of rotatable bonds is 4. The Morgan fingerprint density at radius 3 is 1.19 bits per heavy atom. The maximum Gasteiger partial charge on any atom is 0.0314 e. The molecule has 0 atom stereocenters. The normalized spacial score (nSPS) is 9.92. The van der Waals surface area contributed by atoms with Crippen LogP contribution in [0.2, 0.25) is 0 Å². The average molecular weight is 391 g/mol. The maximum atomic E-state index is 5.97. The van der Waals surface area contributed by atoms with Gasteiger partial charge in [0.25, 0.3) is 0 Å². The van der Waals surface area contributed by atoms with Gasteiger partial charge in [0.2, 0.25) is 0 Å². The maximum absolute atomic E-state index is 5.97. The summed E-state index contributed by atoms with van der Waals surface area (Å²) in [6, 6.07) is 19.9. The standard InChI is InChI=1S/C20H22N4.2ClH/c21-11-15-9-16(12-22)20(14-3-7-18(24)8-4-14)10-19(15)13-1-5-17(23)6-2-13;;/h1-10H,11-12,21-24H2;2*1H. The van der Waals surface area contributed by atoms with E-state index in [9.17, 15) is 0 Å². The first-order valence-electron chi connectivity index (χ1n) is 7.90. The van der Waals surface area contributed by atoms with Crippen molar-refractivity contribution in [3.63, 3.8) is 0 Å². The van der Waals surface area contributed by atoms with E-state index in [2.05, 4.69) is 12.1 Å². The van der Waals surface area contributed by atoms with Gasteiger partial charge < -0.3 is 22.9 Å². The highest BCUT2D eigenvalue weighted by atomic mass is 35.5. The number of benzene rings is 3. The molecule has 0 aromatic heterocycles. The number of nitrogens with two attached hydrogens (primary N) is 4. The van der Waals surface area contributed by atoms with Crippen molar-refractivity contribution in [3.05, 3.63) is 71.8 Å². The van der Waals surface area contributed by atoms with E-state index in [1.807, 2.05) is 48.5 Å². The molecule has 0 radical (unpaired) electrons. The Kier molecular flexibility index (Phi) is 7.93. The Labute approximate surface area is 166 Å². The van der Waals surface area contributed by atoms with E-state index in [-0.39, 0.29) is 24.8 Å². The van der Waals surface area contributed by atoms with Crippen molar-refractivity contribution >= 4 is 36.2 Å². The molecular weight excluding hydrogens is 367 g/mol. The number of nitrogen functional groups attached to an aromatic ring is 2. The van der Waals surface area contributed by atoms with Crippen molar-refractivity contribution in [2.75, 3.05) is 11.5 Å². The molecule has 0 unspecified atom stereocenters. The van der Waals surface area contributed by atoms with Gasteiger partial charge in [-0.2, -0.15) is 0 Å². The molecule has 0 heterocycles. The van der Waals surface area contributed by atoms with Gasteiger partial charge in [0.15, 0.2) is 0 Å². The zero-order valence-electron chi connectivity index (χ0n) is 14.3. The number of hydrogen-bond acceptors (Lipinski definition) is 4. The van der Waals surface area contributed by atoms with Crippen molar-refractivity contribution in [1.29, 1.82) is 0 Å². The Morgan fingerprint density at radius 1 is 0.538 bits per heavy atom. The lowest BCUT2D eigenvalue weighted by atomic mass is 9.90. The summed E-state index contributed by atoms with van der Waals surface area (Å²) in [6.45, 7) is 0.906. The molecule has 6 heteroatoms. The molecule has 0 saturated heterocycles. The van der Waals surface area contributed by atoms with E-state index in [0.29, 0.717) is 13.1 Å². The van der Waals surface area contributed by atoms with Crippen LogP contribution >= 0.6 is 24.8 Å². The minimum atomic E-state index is 0. The molecule has 3 rings (SSSR count). The summed E-state index contributed by atoms with van der Waals surface area (Å²) in [6.07, 6.45) is 0. The van der Waals surface area contributed by atoms with E-state index >= 15 is 0 Å². The fourth-order valence-electron chi connectivity index (χ4n) is 2.90. The first-order valence-corrected chi connectivity index (χ1v) is 7.90. The van der Waals surface area contributed by atoms with Gasteiger partial charge in [-0.25, -0.2) is 0 Å². The third kappa shape index (κ3) is 4.48. The summed E-state index contributed by atoms with van der Waals surface area (Å²) >= 11 is 0. The molecule has 0 amide bonds. The molecule has 0 saturated carbocycles. The third-order valence-electron chi connectivity index (χ3n) is 4.21. The Bertz CT molecular complexity index is 778. The predicted octanol–water partition coefficient (Wildman–Crippen LogP) is 3.95. The van der Waals surface area contributed by atoms with Crippen molar-refractivity contribution < 1.29 is 0 Å². The highest BCUT2D eigenvalue weighted by Crippen LogP contribution is 2.33. The van der Waals surface area contributed by atoms with Crippen LogP contribution in [0, 0.1) is 0 Å². The fourth-order valence-corrected chi connectivity index (χ4v) is 2.90. The van der Waals surface area contributed by atoms with Crippen LogP contribution in [0.15, 0.2) is 60.7 Å². The smallest absolute Gasteiger partial charge is 0.0314 e. The summed E-state index contributed by atoms with van der Waals surface area (Å²) in [7, 11) is 0. The first kappa shape index (κ1) is 21.8. The lowest BCUT2D eigenvalue weighted by Crippen LogP contribution is -2.05. The van der Waals surface area contributed by atoms with Crippen LogP contribution in [0.4, 0.5) is 11.4 Å². The Hall–Kier alpha value is -2.24. The van der Waals surface area contributed by atoms with Crippen LogP contribution in [0.25, 0.3) is 22.3 Å². The SMILES string of the molecule is Cl.Cl.NCc1cc(CN)c(-c2ccc(N)cc2)cc1-c1ccc(N)cc1. The number of halogens is 2. The minimum Gasteiger partial charge on any atom is -0.399 e. The summed E-state index contributed by atoms with van der Waals surface area (Å²) in [4.78, 5) is 0. The lowest BCUT2D eigenvalue weighted by Gasteiger charge is -2.16. The summed E-state index contributed by atoms with van der Waals surface area (Å²) in [5.41, 5.74) is 31.5. The Balaban J connectivity index is 0.00000169. The van der Waals surface area contributed by atoms with Crippen LogP contribution in [-0.4, -0.2) is 0 Å². The summed E-state index contributed by atoms with van der Waals surface area (Å²) in [5, 5.41) is 0. The van der Waals surface area contributed by atoms with Gasteiger partial charge in [0, 0.05) is 24.5 Å². The zero-order valence-corrected chi connectivity index (χ0v) is 15.9. The second-order valence-electron chi connectivity index (χ2n) is 5.82. The molecule has 138 valence electrons. The molecule has 8 N–H and O–H groups in total. The molecule has 0 aliphatic rings. The topological polar surface area (TPSA) is 104 Å². The highest BCUT2D eigenvalue weighted by Gasteiger charge is 2.12. The number of anilines is 2. The highest BCUT2D eigenvalue weighted by molar-refractivity contribution is 5.85. The van der Waals surface area contributed by atoms with Gasteiger partial charge in [0.1, 0.15) is 0 Å². The minimum absolute atomic E-state index is 0. The summed E-state index contributed by atoms with van der Waals surface area (Å²) < 4.78 is 0. The van der Waals surface area contributed by atoms with Crippen LogP contribution in [-0.2, 0) is 13.1 Å². The van der Waals surface area contributed by atoms with Gasteiger partial charge in [0.05, 0.1) is 0 Å². The van der Waals surface area contributed by atoms with Gasteiger partial charge in [-0.1, -0.05) is 30.3 Å². The molecule has 0 bridgehead atoms. The molecule has 0 aliphatic heterocycles. The largest absolute Gasteiger partial charge is 0.399 e. The van der Waals surface area contributed by atoms with E-state index in [1.54, 1.807) is 0 Å². The second-order valence-corrected chi connectivity index (χ2v) is 5.82. The molecule has 3 aromatic carbocycles. The quantitative estimate of drug-likeness (QED) is 0.506. The van der Waals surface area contributed by atoms with Crippen LogP contribution in [0.3, 0.4) is 0 Å². The molecule has 3 aromatic rings. The van der Waals surface area contributed by atoms with Crippen molar-refractivity contribution in [3.8, 4) is 22.3 Å². The van der Waals surface area contributed by atoms with Crippen molar-refractivity contribution in [2.45, 2.75) is 13.1 Å². The predicted molar refractivity (Wildman–Crippen MR) is 116 cm³/mol. The van der Waals surface area contributed by atoms with Crippen LogP contribution < -0.4 is 22.9 Å². The van der Waals surface area contributed by atoms with Crippen molar-refractivity contribution in [1.82, 2.24) is 0 Å². The average Bonchev–Trinajstić information content (AvgIpc) is 2.62. The van der Waals surface area contributed by atoms with E-state index < -0.39 is 0 Å². The van der Waals surface area contributed by atoms with Gasteiger partial charge in [-0.05, 0) is 63.7 Å². The lowest BCUT2D eigenvalue weighted by molar-refractivity contribution is 1.03. The van der Waals surface area contributed by atoms with Gasteiger partial charge >= 0.3 is 0 Å². The molecule has 26 heavy (non-hydrogen) atoms. The molecule has 0 spiro atoms. The first-order chi connectivity index (χ1) is 11.6. The van der Waals surface area contributed by atoms with E-state index in [0.717, 1.165) is 44.8 Å².